The van der Waals surface area contributed by atoms with Crippen molar-refractivity contribution in [1.29, 1.82) is 0 Å². The number of halogens is 1. The summed E-state index contributed by atoms with van der Waals surface area (Å²) in [5, 5.41) is 53.4. The van der Waals surface area contributed by atoms with Gasteiger partial charge in [-0.2, -0.15) is 0 Å². The van der Waals surface area contributed by atoms with Gasteiger partial charge in [0, 0.05) is 47.6 Å². The fourth-order valence-electron chi connectivity index (χ4n) is 5.35. The van der Waals surface area contributed by atoms with E-state index in [4.69, 9.17) is 15.2 Å². The number of phenols is 2. The maximum absolute atomic E-state index is 13.3. The van der Waals surface area contributed by atoms with Gasteiger partial charge in [-0.15, -0.1) is 12.4 Å². The van der Waals surface area contributed by atoms with E-state index in [0.717, 1.165) is 0 Å². The Morgan fingerprint density at radius 3 is 2.25 bits per heavy atom. The number of rotatable bonds is 3. The summed E-state index contributed by atoms with van der Waals surface area (Å²) in [5.41, 5.74) is 3.81. The van der Waals surface area contributed by atoms with Crippen LogP contribution >= 0.6 is 12.4 Å². The minimum Gasteiger partial charge on any atom is -0.507 e. The molecule has 11 heteroatoms. The van der Waals surface area contributed by atoms with E-state index in [1.807, 2.05) is 0 Å². The molecule has 7 N–H and O–H groups in total. The lowest BCUT2D eigenvalue weighted by Crippen LogP contribution is -2.52. The zero-order valence-corrected chi connectivity index (χ0v) is 20.2. The van der Waals surface area contributed by atoms with Crippen LogP contribution in [0.5, 0.6) is 11.5 Å². The Labute approximate surface area is 212 Å². The molecule has 0 spiro atoms. The maximum Gasteiger partial charge on any atom is 0.198 e. The second-order valence-corrected chi connectivity index (χ2v) is 9.59. The Bertz CT molecular complexity index is 1220. The Morgan fingerprint density at radius 1 is 1.11 bits per heavy atom. The van der Waals surface area contributed by atoms with E-state index in [-0.39, 0.29) is 65.1 Å². The van der Waals surface area contributed by atoms with Gasteiger partial charge in [-0.3, -0.25) is 9.59 Å². The Kier molecular flexibility index (Phi) is 6.91. The van der Waals surface area contributed by atoms with Crippen LogP contribution in [0.1, 0.15) is 68.8 Å². The van der Waals surface area contributed by atoms with Gasteiger partial charge in [0.2, 0.25) is 0 Å². The van der Waals surface area contributed by atoms with Crippen LogP contribution in [0.25, 0.3) is 0 Å². The fourth-order valence-corrected chi connectivity index (χ4v) is 5.35. The zero-order chi connectivity index (χ0) is 25.2. The number of ketones is 2. The molecule has 0 radical (unpaired) electrons. The number of aliphatic hydroxyl groups excluding tert-OH is 2. The van der Waals surface area contributed by atoms with Crippen LogP contribution < -0.4 is 5.73 Å². The van der Waals surface area contributed by atoms with Gasteiger partial charge in [0.05, 0.1) is 41.6 Å². The van der Waals surface area contributed by atoms with Crippen molar-refractivity contribution in [2.45, 2.75) is 62.4 Å². The number of fused-ring (bicyclic) bond motifs is 3. The Balaban J connectivity index is 0.00000304. The second-order valence-electron chi connectivity index (χ2n) is 9.59. The monoisotopic (exact) mass is 521 g/mol. The molecule has 0 bridgehead atoms. The number of hydrogen-bond donors (Lipinski definition) is 6. The summed E-state index contributed by atoms with van der Waals surface area (Å²) in [7, 11) is 0. The number of aromatic hydroxyl groups is 2. The highest BCUT2D eigenvalue weighted by Crippen LogP contribution is 2.51. The molecule has 36 heavy (non-hydrogen) atoms. The van der Waals surface area contributed by atoms with Crippen LogP contribution in [0, 0.1) is 0 Å². The fraction of sp³-hybridized carbons (Fsp3) is 0.440. The first-order valence-electron chi connectivity index (χ1n) is 11.4. The van der Waals surface area contributed by atoms with Crippen molar-refractivity contribution >= 4 is 24.0 Å². The number of nitrogens with two attached hydrogens (primary N) is 1. The van der Waals surface area contributed by atoms with Crippen molar-refractivity contribution in [3.63, 3.8) is 0 Å². The molecule has 2 aliphatic carbocycles. The summed E-state index contributed by atoms with van der Waals surface area (Å²) in [6, 6.07) is 5.47. The zero-order valence-electron chi connectivity index (χ0n) is 19.4. The lowest BCUT2D eigenvalue weighted by molar-refractivity contribution is -0.248. The third-order valence-corrected chi connectivity index (χ3v) is 7.21. The average Bonchev–Trinajstić information content (AvgIpc) is 2.83. The predicted molar refractivity (Wildman–Crippen MR) is 127 cm³/mol. The van der Waals surface area contributed by atoms with Gasteiger partial charge >= 0.3 is 0 Å². The molecule has 0 amide bonds. The summed E-state index contributed by atoms with van der Waals surface area (Å²) in [4.78, 5) is 26.5. The third kappa shape index (κ3) is 3.99. The number of benzene rings is 2. The van der Waals surface area contributed by atoms with E-state index in [9.17, 15) is 35.1 Å². The van der Waals surface area contributed by atoms with E-state index in [0.29, 0.717) is 0 Å². The first-order chi connectivity index (χ1) is 16.6. The van der Waals surface area contributed by atoms with E-state index in [1.165, 1.54) is 12.1 Å². The quantitative estimate of drug-likeness (QED) is 0.270. The number of carbonyl (C=O) groups is 2. The van der Waals surface area contributed by atoms with E-state index in [2.05, 4.69) is 0 Å². The molecular weight excluding hydrogens is 494 g/mol. The summed E-state index contributed by atoms with van der Waals surface area (Å²) in [5.74, 6) is -2.34. The third-order valence-electron chi connectivity index (χ3n) is 7.21. The van der Waals surface area contributed by atoms with Crippen molar-refractivity contribution in [1.82, 2.24) is 0 Å². The van der Waals surface area contributed by atoms with Crippen molar-refractivity contribution in [2.75, 3.05) is 6.61 Å². The first-order valence-corrected chi connectivity index (χ1v) is 11.4. The molecule has 1 fully saturated rings. The first kappa shape index (κ1) is 26.5. The average molecular weight is 522 g/mol. The maximum atomic E-state index is 13.3. The van der Waals surface area contributed by atoms with Crippen molar-refractivity contribution < 1.29 is 44.6 Å². The van der Waals surface area contributed by atoms with E-state index in [1.54, 1.807) is 19.1 Å². The predicted octanol–water partition coefficient (Wildman–Crippen LogP) is 0.845. The number of aliphatic hydroxyl groups is 3. The van der Waals surface area contributed by atoms with Gasteiger partial charge in [-0.1, -0.05) is 24.3 Å². The molecule has 1 saturated heterocycles. The normalized spacial score (nSPS) is 31.2. The van der Waals surface area contributed by atoms with Crippen LogP contribution in [-0.4, -0.2) is 73.8 Å². The molecular formula is C25H28ClNO9. The van der Waals surface area contributed by atoms with Gasteiger partial charge in [0.15, 0.2) is 17.9 Å². The molecule has 0 aromatic heterocycles. The molecule has 0 saturated carbocycles. The highest BCUT2D eigenvalue weighted by Gasteiger charge is 2.47. The van der Waals surface area contributed by atoms with E-state index >= 15 is 0 Å². The molecule has 5 rings (SSSR count). The van der Waals surface area contributed by atoms with Crippen LogP contribution in [0.15, 0.2) is 24.3 Å². The molecule has 1 heterocycles. The molecule has 194 valence electrons. The molecule has 2 aromatic carbocycles. The minimum atomic E-state index is -1.74. The van der Waals surface area contributed by atoms with Crippen molar-refractivity contribution in [2.24, 2.45) is 5.73 Å². The number of hydrogen-bond acceptors (Lipinski definition) is 10. The minimum absolute atomic E-state index is 0. The van der Waals surface area contributed by atoms with E-state index < -0.39 is 65.9 Å². The standard InChI is InChI=1S/C25H27NO9.ClH/c1-10-20(28)14(26)6-16(34-10)35-15-8-25(33,9-27)7-13-17(15)24(32)19-18(23(13)31)21(29)11-4-2-3-5-12(11)22(19)30;/h2-5,10,14-16,20,27-28,31-33H,6-9,26H2,1H3;1H/t10-,14+,15+,16+,20+,25?;/m1./s1. The summed E-state index contributed by atoms with van der Waals surface area (Å²) in [6.45, 7) is 0.944. The Hall–Kier alpha value is -2.57. The summed E-state index contributed by atoms with van der Waals surface area (Å²) < 4.78 is 11.7. The number of phenolic OH excluding ortho intramolecular Hbond substituents is 2. The molecule has 1 unspecified atom stereocenters. The summed E-state index contributed by atoms with van der Waals surface area (Å²) in [6.07, 6.45) is -3.97. The summed E-state index contributed by atoms with van der Waals surface area (Å²) >= 11 is 0. The SMILES string of the molecule is C[C@H]1O[C@@H](O[C@H]2CC(O)(CO)Cc3c(O)c4c(c(O)c32)C(=O)c2ccccc2C4=O)C[C@H](N)[C@H]1O.Cl. The second kappa shape index (κ2) is 9.38. The molecule has 2 aromatic rings. The lowest BCUT2D eigenvalue weighted by atomic mass is 9.73. The van der Waals surface area contributed by atoms with Gasteiger partial charge in [0.1, 0.15) is 11.5 Å². The van der Waals surface area contributed by atoms with Crippen LogP contribution in [0.4, 0.5) is 0 Å². The lowest BCUT2D eigenvalue weighted by Gasteiger charge is -2.42. The molecule has 6 atom stereocenters. The molecule has 3 aliphatic rings. The van der Waals surface area contributed by atoms with Crippen molar-refractivity contribution in [3.05, 3.63) is 57.6 Å². The van der Waals surface area contributed by atoms with Crippen LogP contribution in [-0.2, 0) is 15.9 Å². The molecule has 10 nitrogen and oxygen atoms in total. The molecule has 1 aliphatic heterocycles. The number of carbonyl (C=O) groups excluding carboxylic acids is 2. The highest BCUT2D eigenvalue weighted by atomic mass is 35.5. The highest BCUT2D eigenvalue weighted by molar-refractivity contribution is 6.30. The topological polar surface area (TPSA) is 180 Å². The van der Waals surface area contributed by atoms with Gasteiger partial charge < -0.3 is 40.7 Å². The van der Waals surface area contributed by atoms with Gasteiger partial charge in [0.25, 0.3) is 0 Å². The van der Waals surface area contributed by atoms with Crippen molar-refractivity contribution in [3.8, 4) is 11.5 Å². The largest absolute Gasteiger partial charge is 0.507 e. The number of ether oxygens (including phenoxy) is 2. The van der Waals surface area contributed by atoms with Gasteiger partial charge in [-0.05, 0) is 6.92 Å². The smallest absolute Gasteiger partial charge is 0.198 e. The van der Waals surface area contributed by atoms with Crippen LogP contribution in [0.3, 0.4) is 0 Å². The Morgan fingerprint density at radius 2 is 1.69 bits per heavy atom. The van der Waals surface area contributed by atoms with Crippen LogP contribution in [0.2, 0.25) is 0 Å². The van der Waals surface area contributed by atoms with Gasteiger partial charge in [-0.25, -0.2) is 0 Å².